The lowest BCUT2D eigenvalue weighted by Gasteiger charge is -1.96. The van der Waals surface area contributed by atoms with Crippen LogP contribution >= 0.6 is 11.1 Å². The maximum Gasteiger partial charge on any atom is 0.260 e. The minimum Gasteiger partial charge on any atom is -0.452 e. The summed E-state index contributed by atoms with van der Waals surface area (Å²) in [6.45, 7) is 4.06. The second-order valence-electron chi connectivity index (χ2n) is 0.998. The molecule has 0 radical (unpaired) electrons. The second-order valence-corrected chi connectivity index (χ2v) is 5.84. The molecular weight excluding hydrogens is 132 g/mol. The number of rotatable bonds is 2. The van der Waals surface area contributed by atoms with Gasteiger partial charge in [0.2, 0.25) is 0 Å². The number of halogens is 1. The van der Waals surface area contributed by atoms with E-state index in [2.05, 4.69) is 6.55 Å². The third-order valence-electron chi connectivity index (χ3n) is 0.396. The Hall–Kier alpha value is 0.684. The average Bonchev–Trinajstić information content (AvgIpc) is 1.35. The molecule has 0 rings (SSSR count). The van der Waals surface area contributed by atoms with Gasteiger partial charge in [-0.05, 0) is 6.55 Å². The Morgan fingerprint density at radius 3 is 2.33 bits per heavy atom. The topological polar surface area (TPSA) is 9.23 Å². The van der Waals surface area contributed by atoms with Crippen molar-refractivity contribution in [3.8, 4) is 0 Å². The minimum absolute atomic E-state index is 0.204. The zero-order chi connectivity index (χ0) is 4.99. The van der Waals surface area contributed by atoms with E-state index in [1.807, 2.05) is 6.55 Å². The smallest absolute Gasteiger partial charge is 0.260 e. The van der Waals surface area contributed by atoms with E-state index in [-0.39, 0.29) is 9.76 Å². The quantitative estimate of drug-likeness (QED) is 0.394. The summed E-state index contributed by atoms with van der Waals surface area (Å²) in [5, 5.41) is 0. The van der Waals surface area contributed by atoms with Gasteiger partial charge in [0.15, 0.2) is 0 Å². The molecule has 0 fully saturated rings. The van der Waals surface area contributed by atoms with Crippen molar-refractivity contribution in [1.29, 1.82) is 0 Å². The second kappa shape index (κ2) is 3.86. The van der Waals surface area contributed by atoms with Gasteiger partial charge in [-0.2, -0.15) is 0 Å². The van der Waals surface area contributed by atoms with E-state index in [1.165, 1.54) is 0 Å². The normalized spacial score (nSPS) is 16.5. The molecule has 0 N–H and O–H groups in total. The molecule has 0 aromatic carbocycles. The largest absolute Gasteiger partial charge is 0.452 e. The van der Waals surface area contributed by atoms with E-state index in [0.717, 1.165) is 0 Å². The van der Waals surface area contributed by atoms with E-state index in [4.69, 9.17) is 15.2 Å². The van der Waals surface area contributed by atoms with Gasteiger partial charge in [0, 0.05) is 0 Å². The summed E-state index contributed by atoms with van der Waals surface area (Å²) >= 11 is 5.53. The van der Waals surface area contributed by atoms with Crippen molar-refractivity contribution >= 4 is 29.2 Å². The fourth-order valence-corrected chi connectivity index (χ4v) is 3.20. The van der Waals surface area contributed by atoms with Crippen LogP contribution in [0, 0.1) is 0 Å². The lowest BCUT2D eigenvalue weighted by atomic mass is 11.9. The highest BCUT2D eigenvalue weighted by molar-refractivity contribution is 7.03. The van der Waals surface area contributed by atoms with Crippen LogP contribution in [-0.2, 0) is 4.12 Å². The van der Waals surface area contributed by atoms with Crippen molar-refractivity contribution < 1.29 is 4.12 Å². The van der Waals surface area contributed by atoms with Crippen molar-refractivity contribution in [1.82, 2.24) is 0 Å². The van der Waals surface area contributed by atoms with Gasteiger partial charge >= 0.3 is 0 Å². The zero-order valence-corrected chi connectivity index (χ0v) is 7.40. The van der Waals surface area contributed by atoms with Crippen molar-refractivity contribution in [2.75, 3.05) is 0 Å². The van der Waals surface area contributed by atoms with Crippen molar-refractivity contribution in [2.45, 2.75) is 13.1 Å². The molecule has 1 nitrogen and oxygen atoms in total. The summed E-state index contributed by atoms with van der Waals surface area (Å²) in [5.74, 6) is 0. The first kappa shape index (κ1) is 6.68. The molecular formula is C2H9ClOSi2. The van der Waals surface area contributed by atoms with Gasteiger partial charge in [0.1, 0.15) is 9.76 Å². The van der Waals surface area contributed by atoms with E-state index < -0.39 is 8.35 Å². The summed E-state index contributed by atoms with van der Waals surface area (Å²) < 4.78 is 5.08. The Morgan fingerprint density at radius 2 is 2.33 bits per heavy atom. The maximum absolute atomic E-state index is 5.53. The predicted molar refractivity (Wildman–Crippen MR) is 34.4 cm³/mol. The third kappa shape index (κ3) is 4.68. The number of hydrogen-bond acceptors (Lipinski definition) is 1. The lowest BCUT2D eigenvalue weighted by Crippen LogP contribution is -2.05. The van der Waals surface area contributed by atoms with Crippen molar-refractivity contribution in [3.63, 3.8) is 0 Å². The molecule has 0 amide bonds. The number of hydrogen-bond donors (Lipinski definition) is 0. The molecule has 0 aromatic rings. The maximum atomic E-state index is 5.53. The first-order chi connectivity index (χ1) is 2.77. The highest BCUT2D eigenvalue weighted by Gasteiger charge is 1.91. The molecule has 0 saturated carbocycles. The first-order valence-electron chi connectivity index (χ1n) is 2.03. The molecule has 0 aliphatic rings. The molecule has 6 heavy (non-hydrogen) atoms. The lowest BCUT2D eigenvalue weighted by molar-refractivity contribution is 0.644. The zero-order valence-electron chi connectivity index (χ0n) is 4.07. The molecule has 1 unspecified atom stereocenters. The SMILES string of the molecule is C[SiH2]O[SiH](C)Cl. The summed E-state index contributed by atoms with van der Waals surface area (Å²) in [4.78, 5) is 0. The van der Waals surface area contributed by atoms with Crippen molar-refractivity contribution in [2.24, 2.45) is 0 Å². The van der Waals surface area contributed by atoms with Gasteiger partial charge in [0.25, 0.3) is 8.35 Å². The summed E-state index contributed by atoms with van der Waals surface area (Å²) in [6, 6.07) is 0. The molecule has 0 aromatic heterocycles. The van der Waals surface area contributed by atoms with Gasteiger partial charge in [-0.25, -0.2) is 0 Å². The summed E-state index contributed by atoms with van der Waals surface area (Å²) in [5.41, 5.74) is 0. The Balaban J connectivity index is 2.63. The molecule has 0 saturated heterocycles. The molecule has 0 aliphatic heterocycles. The summed E-state index contributed by atoms with van der Waals surface area (Å²) in [7, 11) is -1.34. The van der Waals surface area contributed by atoms with Crippen LogP contribution < -0.4 is 0 Å². The van der Waals surface area contributed by atoms with E-state index in [1.54, 1.807) is 0 Å². The predicted octanol–water partition coefficient (Wildman–Crippen LogP) is 0.224. The van der Waals surface area contributed by atoms with Crippen LogP contribution in [-0.4, -0.2) is 18.1 Å². The molecule has 0 bridgehead atoms. The van der Waals surface area contributed by atoms with E-state index >= 15 is 0 Å². The highest BCUT2D eigenvalue weighted by atomic mass is 35.6. The molecule has 38 valence electrons. The van der Waals surface area contributed by atoms with Crippen molar-refractivity contribution in [3.05, 3.63) is 0 Å². The van der Waals surface area contributed by atoms with Crippen LogP contribution in [0.3, 0.4) is 0 Å². The van der Waals surface area contributed by atoms with Crippen LogP contribution in [0.25, 0.3) is 0 Å². The highest BCUT2D eigenvalue weighted by Crippen LogP contribution is 1.86. The van der Waals surface area contributed by atoms with Gasteiger partial charge in [-0.15, -0.1) is 11.1 Å². The molecule has 0 spiro atoms. The Bertz CT molecular complexity index is 32.7. The van der Waals surface area contributed by atoms with Gasteiger partial charge < -0.3 is 4.12 Å². The average molecular weight is 141 g/mol. The first-order valence-corrected chi connectivity index (χ1v) is 7.39. The van der Waals surface area contributed by atoms with Crippen LogP contribution in [0.1, 0.15) is 0 Å². The fourth-order valence-electron chi connectivity index (χ4n) is 0.230. The molecule has 4 heteroatoms. The minimum atomic E-state index is -1.14. The third-order valence-corrected chi connectivity index (χ3v) is 4.70. The van der Waals surface area contributed by atoms with Crippen LogP contribution in [0.4, 0.5) is 0 Å². The fraction of sp³-hybridized carbons (Fsp3) is 1.00. The van der Waals surface area contributed by atoms with E-state index in [9.17, 15) is 0 Å². The summed E-state index contributed by atoms with van der Waals surface area (Å²) in [6.07, 6.45) is 0. The van der Waals surface area contributed by atoms with E-state index in [0.29, 0.717) is 0 Å². The molecule has 0 aliphatic carbocycles. The Labute approximate surface area is 47.0 Å². The van der Waals surface area contributed by atoms with Crippen LogP contribution in [0.2, 0.25) is 13.1 Å². The van der Waals surface area contributed by atoms with Gasteiger partial charge in [0.05, 0.1) is 0 Å². The Morgan fingerprint density at radius 1 is 1.83 bits per heavy atom. The molecule has 1 atom stereocenters. The van der Waals surface area contributed by atoms with Crippen LogP contribution in [0.5, 0.6) is 0 Å². The van der Waals surface area contributed by atoms with Gasteiger partial charge in [-0.1, -0.05) is 6.55 Å². The standard InChI is InChI=1S/C2H9ClOSi2/c1-5-4-6(2)3/h6H,5H2,1-2H3. The van der Waals surface area contributed by atoms with Gasteiger partial charge in [-0.3, -0.25) is 0 Å². The Kier molecular flexibility index (Phi) is 4.30. The monoisotopic (exact) mass is 140 g/mol. The molecule has 0 heterocycles. The van der Waals surface area contributed by atoms with Crippen LogP contribution in [0.15, 0.2) is 0 Å².